The van der Waals surface area contributed by atoms with Gasteiger partial charge in [-0.1, -0.05) is 22.9 Å². The van der Waals surface area contributed by atoms with Gasteiger partial charge in [-0.3, -0.25) is 15.0 Å². The zero-order valence-corrected chi connectivity index (χ0v) is 13.7. The topological polar surface area (TPSA) is 81.4 Å². The number of halogens is 1. The fourth-order valence-corrected chi connectivity index (χ4v) is 2.86. The normalized spacial score (nSPS) is 10.9. The first-order valence-electron chi connectivity index (χ1n) is 6.56. The lowest BCUT2D eigenvalue weighted by atomic mass is 10.2. The molecule has 2 aromatic rings. The number of hydrogen-bond acceptors (Lipinski definition) is 7. The standard InChI is InChI=1S/C13H15ClN4O3S/c1-3-21-13-16-15-12(22-13)8-17(2)7-9-6-10(18(19)20)4-5-11(9)14/h4-6H,3,7-8H2,1-2H3. The molecule has 7 nitrogen and oxygen atoms in total. The highest BCUT2D eigenvalue weighted by atomic mass is 35.5. The zero-order chi connectivity index (χ0) is 16.1. The van der Waals surface area contributed by atoms with Crippen LogP contribution in [0, 0.1) is 10.1 Å². The summed E-state index contributed by atoms with van der Waals surface area (Å²) >= 11 is 7.48. The van der Waals surface area contributed by atoms with Crippen molar-refractivity contribution in [1.29, 1.82) is 0 Å². The maximum Gasteiger partial charge on any atom is 0.294 e. The average molecular weight is 343 g/mol. The fraction of sp³-hybridized carbons (Fsp3) is 0.385. The third-order valence-electron chi connectivity index (χ3n) is 2.80. The summed E-state index contributed by atoms with van der Waals surface area (Å²) < 4.78 is 5.28. The van der Waals surface area contributed by atoms with E-state index >= 15 is 0 Å². The molecule has 0 fully saturated rings. The lowest BCUT2D eigenvalue weighted by Gasteiger charge is -2.15. The Kier molecular flexibility index (Phi) is 5.64. The van der Waals surface area contributed by atoms with Crippen molar-refractivity contribution in [2.24, 2.45) is 0 Å². The summed E-state index contributed by atoms with van der Waals surface area (Å²) in [5.41, 5.74) is 0.732. The monoisotopic (exact) mass is 342 g/mol. The van der Waals surface area contributed by atoms with E-state index in [1.807, 2.05) is 18.9 Å². The first-order chi connectivity index (χ1) is 10.5. The number of benzene rings is 1. The van der Waals surface area contributed by atoms with Crippen LogP contribution < -0.4 is 4.74 Å². The molecule has 0 amide bonds. The van der Waals surface area contributed by atoms with Gasteiger partial charge < -0.3 is 4.74 Å². The second-order valence-corrected chi connectivity index (χ2v) is 6.03. The van der Waals surface area contributed by atoms with Gasteiger partial charge in [-0.25, -0.2) is 0 Å². The molecule has 22 heavy (non-hydrogen) atoms. The number of non-ortho nitro benzene ring substituents is 1. The molecule has 0 aliphatic heterocycles. The predicted molar refractivity (Wildman–Crippen MR) is 84.4 cm³/mol. The van der Waals surface area contributed by atoms with Crippen LogP contribution in [0.15, 0.2) is 18.2 Å². The van der Waals surface area contributed by atoms with Gasteiger partial charge in [-0.2, -0.15) is 0 Å². The highest BCUT2D eigenvalue weighted by molar-refractivity contribution is 7.13. The number of aromatic nitrogens is 2. The summed E-state index contributed by atoms with van der Waals surface area (Å²) in [6, 6.07) is 4.43. The lowest BCUT2D eigenvalue weighted by molar-refractivity contribution is -0.384. The fourth-order valence-electron chi connectivity index (χ4n) is 1.86. The Balaban J connectivity index is 2.03. The van der Waals surface area contributed by atoms with Gasteiger partial charge in [0.2, 0.25) is 0 Å². The quantitative estimate of drug-likeness (QED) is 0.568. The van der Waals surface area contributed by atoms with E-state index < -0.39 is 4.92 Å². The van der Waals surface area contributed by atoms with Crippen LogP contribution in [-0.2, 0) is 13.1 Å². The Labute approximate surface area is 136 Å². The van der Waals surface area contributed by atoms with Crippen LogP contribution in [0.3, 0.4) is 0 Å². The van der Waals surface area contributed by atoms with Gasteiger partial charge >= 0.3 is 0 Å². The molecule has 0 bridgehead atoms. The first-order valence-corrected chi connectivity index (χ1v) is 7.75. The number of rotatable bonds is 7. The molecule has 0 radical (unpaired) electrons. The molecule has 0 spiro atoms. The zero-order valence-electron chi connectivity index (χ0n) is 12.2. The van der Waals surface area contributed by atoms with E-state index in [4.69, 9.17) is 16.3 Å². The van der Waals surface area contributed by atoms with E-state index in [0.29, 0.717) is 35.5 Å². The molecule has 0 unspecified atom stereocenters. The van der Waals surface area contributed by atoms with E-state index in [9.17, 15) is 10.1 Å². The first kappa shape index (κ1) is 16.6. The molecule has 0 N–H and O–H groups in total. The minimum atomic E-state index is -0.432. The number of hydrogen-bond donors (Lipinski definition) is 0. The van der Waals surface area contributed by atoms with E-state index in [2.05, 4.69) is 10.2 Å². The second kappa shape index (κ2) is 7.48. The predicted octanol–water partition coefficient (Wildman–Crippen LogP) is 3.13. The molecule has 1 heterocycles. The molecule has 0 aliphatic carbocycles. The Morgan fingerprint density at radius 1 is 1.41 bits per heavy atom. The summed E-state index contributed by atoms with van der Waals surface area (Å²) in [4.78, 5) is 12.4. The van der Waals surface area contributed by atoms with Crippen molar-refractivity contribution in [3.05, 3.63) is 43.9 Å². The van der Waals surface area contributed by atoms with Crippen molar-refractivity contribution < 1.29 is 9.66 Å². The van der Waals surface area contributed by atoms with E-state index in [-0.39, 0.29) is 5.69 Å². The van der Waals surface area contributed by atoms with Gasteiger partial charge in [0.1, 0.15) is 5.01 Å². The summed E-state index contributed by atoms with van der Waals surface area (Å²) in [6.45, 7) is 3.47. The third kappa shape index (κ3) is 4.36. The van der Waals surface area contributed by atoms with E-state index in [0.717, 1.165) is 5.01 Å². The maximum absolute atomic E-state index is 10.8. The van der Waals surface area contributed by atoms with Crippen LogP contribution in [0.2, 0.25) is 5.02 Å². The molecule has 2 rings (SSSR count). The van der Waals surface area contributed by atoms with E-state index in [1.54, 1.807) is 6.07 Å². The highest BCUT2D eigenvalue weighted by Crippen LogP contribution is 2.24. The summed E-state index contributed by atoms with van der Waals surface area (Å²) in [5, 5.41) is 20.7. The second-order valence-electron chi connectivity index (χ2n) is 4.60. The lowest BCUT2D eigenvalue weighted by Crippen LogP contribution is -2.17. The van der Waals surface area contributed by atoms with Crippen molar-refractivity contribution in [2.45, 2.75) is 20.0 Å². The number of nitrogens with zero attached hydrogens (tertiary/aromatic N) is 4. The van der Waals surface area contributed by atoms with Crippen LogP contribution in [0.5, 0.6) is 5.19 Å². The maximum atomic E-state index is 10.8. The Morgan fingerprint density at radius 3 is 2.86 bits per heavy atom. The number of nitro groups is 1. The Bertz CT molecular complexity index is 664. The third-order valence-corrected chi connectivity index (χ3v) is 3.99. The van der Waals surface area contributed by atoms with Gasteiger partial charge in [0.25, 0.3) is 10.9 Å². The minimum Gasteiger partial charge on any atom is -0.469 e. The molecule has 0 saturated heterocycles. The SMILES string of the molecule is CCOc1nnc(CN(C)Cc2cc([N+](=O)[O-])ccc2Cl)s1. The number of nitro benzene ring substituents is 1. The largest absolute Gasteiger partial charge is 0.469 e. The Hall–Kier alpha value is -1.77. The molecule has 9 heteroatoms. The highest BCUT2D eigenvalue weighted by Gasteiger charge is 2.13. The molecular formula is C13H15ClN4O3S. The van der Waals surface area contributed by atoms with Crippen molar-refractivity contribution in [2.75, 3.05) is 13.7 Å². The van der Waals surface area contributed by atoms with Crippen LogP contribution in [0.1, 0.15) is 17.5 Å². The van der Waals surface area contributed by atoms with Gasteiger partial charge in [0.05, 0.1) is 18.1 Å². The van der Waals surface area contributed by atoms with Gasteiger partial charge in [-0.05, 0) is 25.6 Å². The van der Waals surface area contributed by atoms with Crippen LogP contribution in [-0.4, -0.2) is 33.7 Å². The van der Waals surface area contributed by atoms with E-state index in [1.165, 1.54) is 23.5 Å². The average Bonchev–Trinajstić information content (AvgIpc) is 2.88. The molecular weight excluding hydrogens is 328 g/mol. The van der Waals surface area contributed by atoms with Gasteiger partial charge in [-0.15, -0.1) is 10.2 Å². The van der Waals surface area contributed by atoms with Crippen LogP contribution in [0.4, 0.5) is 5.69 Å². The van der Waals surface area contributed by atoms with Crippen molar-refractivity contribution in [3.63, 3.8) is 0 Å². The Morgan fingerprint density at radius 2 is 2.18 bits per heavy atom. The summed E-state index contributed by atoms with van der Waals surface area (Å²) in [6.07, 6.45) is 0. The summed E-state index contributed by atoms with van der Waals surface area (Å²) in [5.74, 6) is 0. The van der Waals surface area contributed by atoms with Gasteiger partial charge in [0.15, 0.2) is 0 Å². The summed E-state index contributed by atoms with van der Waals surface area (Å²) in [7, 11) is 1.89. The smallest absolute Gasteiger partial charge is 0.294 e. The van der Waals surface area contributed by atoms with Crippen molar-refractivity contribution in [3.8, 4) is 5.19 Å². The minimum absolute atomic E-state index is 0.0300. The van der Waals surface area contributed by atoms with Gasteiger partial charge in [0, 0.05) is 23.7 Å². The molecule has 0 aliphatic rings. The van der Waals surface area contributed by atoms with Crippen molar-refractivity contribution >= 4 is 28.6 Å². The molecule has 118 valence electrons. The van der Waals surface area contributed by atoms with Crippen molar-refractivity contribution in [1.82, 2.24) is 15.1 Å². The molecule has 0 atom stereocenters. The molecule has 0 saturated carbocycles. The molecule has 1 aromatic carbocycles. The van der Waals surface area contributed by atoms with Crippen LogP contribution >= 0.6 is 22.9 Å². The number of ether oxygens (including phenoxy) is 1. The molecule has 1 aromatic heterocycles. The van der Waals surface area contributed by atoms with Crippen LogP contribution in [0.25, 0.3) is 0 Å².